The fourth-order valence-corrected chi connectivity index (χ4v) is 5.95. The van der Waals surface area contributed by atoms with Crippen LogP contribution in [0.15, 0.2) is 47.3 Å². The van der Waals surface area contributed by atoms with Crippen molar-refractivity contribution in [3.05, 3.63) is 69.6 Å². The summed E-state index contributed by atoms with van der Waals surface area (Å²) in [5.74, 6) is 0.0313. The number of rotatable bonds is 4. The lowest BCUT2D eigenvalue weighted by Crippen LogP contribution is -2.50. The Morgan fingerprint density at radius 3 is 2.53 bits per heavy atom. The Hall–Kier alpha value is -2.70. The molecule has 5 rings (SSSR count). The van der Waals surface area contributed by atoms with Crippen molar-refractivity contribution in [1.29, 1.82) is 0 Å². The molecule has 1 aromatic carbocycles. The fraction of sp³-hybridized carbons (Fsp3) is 0.462. The highest BCUT2D eigenvalue weighted by Gasteiger charge is 2.54. The number of carbonyl (C=O) groups is 1. The Morgan fingerprint density at radius 2 is 1.81 bits per heavy atom. The number of hydrogen-bond acceptors (Lipinski definition) is 4. The Kier molecular flexibility index (Phi) is 5.74. The molecule has 32 heavy (non-hydrogen) atoms. The van der Waals surface area contributed by atoms with Crippen molar-refractivity contribution in [3.8, 4) is 0 Å². The molecule has 3 aliphatic heterocycles. The molecular formula is C26H31N3O3. The van der Waals surface area contributed by atoms with E-state index in [9.17, 15) is 14.7 Å². The highest BCUT2D eigenvalue weighted by Crippen LogP contribution is 2.48. The number of hydrogen-bond donors (Lipinski definition) is 1. The van der Waals surface area contributed by atoms with Gasteiger partial charge in [0.1, 0.15) is 0 Å². The van der Waals surface area contributed by atoms with Gasteiger partial charge in [0.15, 0.2) is 0 Å². The zero-order valence-electron chi connectivity index (χ0n) is 18.6. The van der Waals surface area contributed by atoms with Crippen LogP contribution >= 0.6 is 0 Å². The number of pyridine rings is 1. The van der Waals surface area contributed by atoms with Crippen LogP contribution in [0, 0.1) is 11.8 Å². The van der Waals surface area contributed by atoms with E-state index >= 15 is 0 Å². The molecule has 0 saturated carbocycles. The van der Waals surface area contributed by atoms with Crippen LogP contribution in [0.5, 0.6) is 0 Å². The van der Waals surface area contributed by atoms with Crippen LogP contribution in [-0.2, 0) is 11.3 Å². The van der Waals surface area contributed by atoms with E-state index in [-0.39, 0.29) is 42.0 Å². The molecular weight excluding hydrogens is 402 g/mol. The maximum Gasteiger partial charge on any atom is 0.258 e. The minimum Gasteiger partial charge on any atom is -0.396 e. The van der Waals surface area contributed by atoms with E-state index < -0.39 is 0 Å². The van der Waals surface area contributed by atoms with Gasteiger partial charge in [-0.1, -0.05) is 36.4 Å². The van der Waals surface area contributed by atoms with Crippen molar-refractivity contribution in [2.45, 2.75) is 37.9 Å². The first-order valence-electron chi connectivity index (χ1n) is 11.7. The molecule has 0 unspecified atom stereocenters. The van der Waals surface area contributed by atoms with Crippen LogP contribution < -0.4 is 5.56 Å². The van der Waals surface area contributed by atoms with E-state index in [1.54, 1.807) is 0 Å². The van der Waals surface area contributed by atoms with Crippen LogP contribution in [0.2, 0.25) is 0 Å². The SMILES string of the molecule is CN1[C@@H]2c3ccc(/C=C/c4ccccc4)c(=O)n3C[C@@H]2[C@@H](CO)[C@@H]1C(=O)N1CCCCC1. The van der Waals surface area contributed by atoms with Crippen molar-refractivity contribution in [1.82, 2.24) is 14.4 Å². The molecule has 4 heterocycles. The minimum atomic E-state index is -0.324. The van der Waals surface area contributed by atoms with Crippen LogP contribution in [0.4, 0.5) is 0 Å². The number of nitrogens with zero attached hydrogens (tertiary/aromatic N) is 3. The lowest BCUT2D eigenvalue weighted by Gasteiger charge is -2.34. The predicted molar refractivity (Wildman–Crippen MR) is 125 cm³/mol. The zero-order valence-corrected chi connectivity index (χ0v) is 18.6. The normalized spacial score (nSPS) is 27.6. The maximum absolute atomic E-state index is 13.4. The Bertz CT molecular complexity index is 1070. The van der Waals surface area contributed by atoms with Crippen LogP contribution in [0.25, 0.3) is 12.2 Å². The summed E-state index contributed by atoms with van der Waals surface area (Å²) in [4.78, 5) is 30.7. The van der Waals surface area contributed by atoms with Crippen LogP contribution in [0.1, 0.15) is 42.1 Å². The first-order chi connectivity index (χ1) is 15.6. The van der Waals surface area contributed by atoms with Crippen molar-refractivity contribution >= 4 is 18.1 Å². The number of carbonyl (C=O) groups excluding carboxylic acids is 1. The van der Waals surface area contributed by atoms with E-state index in [0.717, 1.165) is 37.2 Å². The third-order valence-electron chi connectivity index (χ3n) is 7.56. The molecule has 2 fully saturated rings. The largest absolute Gasteiger partial charge is 0.396 e. The highest BCUT2D eigenvalue weighted by molar-refractivity contribution is 5.83. The van der Waals surface area contributed by atoms with Crippen LogP contribution in [-0.4, -0.2) is 58.2 Å². The van der Waals surface area contributed by atoms with Gasteiger partial charge in [-0.2, -0.15) is 0 Å². The van der Waals surface area contributed by atoms with Gasteiger partial charge in [0, 0.05) is 49.3 Å². The second-order valence-electron chi connectivity index (χ2n) is 9.32. The maximum atomic E-state index is 13.4. The van der Waals surface area contributed by atoms with E-state index in [2.05, 4.69) is 4.90 Å². The summed E-state index contributed by atoms with van der Waals surface area (Å²) in [5.41, 5.74) is 2.65. The molecule has 6 heteroatoms. The minimum absolute atomic E-state index is 0.00641. The molecule has 3 aliphatic rings. The van der Waals surface area contributed by atoms with Gasteiger partial charge in [-0.15, -0.1) is 0 Å². The van der Waals surface area contributed by atoms with Gasteiger partial charge in [0.05, 0.1) is 12.1 Å². The van der Waals surface area contributed by atoms with Crippen LogP contribution in [0.3, 0.4) is 0 Å². The number of fused-ring (bicyclic) bond motifs is 3. The number of aliphatic hydroxyl groups excluding tert-OH is 1. The van der Waals surface area contributed by atoms with E-state index in [0.29, 0.717) is 12.1 Å². The van der Waals surface area contributed by atoms with E-state index in [4.69, 9.17) is 0 Å². The average Bonchev–Trinajstić information content (AvgIpc) is 3.34. The molecule has 0 radical (unpaired) electrons. The third kappa shape index (κ3) is 3.51. The molecule has 2 aromatic rings. The van der Waals surface area contributed by atoms with E-state index in [1.165, 1.54) is 6.42 Å². The Labute approximate surface area is 188 Å². The van der Waals surface area contributed by atoms with Gasteiger partial charge >= 0.3 is 0 Å². The number of aliphatic hydroxyl groups is 1. The number of piperidine rings is 1. The van der Waals surface area contributed by atoms with Gasteiger partial charge in [0.2, 0.25) is 5.91 Å². The molecule has 2 saturated heterocycles. The topological polar surface area (TPSA) is 65.8 Å². The van der Waals surface area contributed by atoms with Gasteiger partial charge in [-0.05, 0) is 50.1 Å². The summed E-state index contributed by atoms with van der Waals surface area (Å²) in [6.07, 6.45) is 7.10. The standard InChI is InChI=1S/C26H31N3O3/c1-27-23-20(21(17-30)24(27)26(32)28-14-6-3-7-15-28)16-29-22(23)13-12-19(25(29)31)11-10-18-8-4-2-5-9-18/h2,4-5,8-13,20-21,23-24,30H,3,6-7,14-17H2,1H3/b11-10+/t20-,21-,23+,24-/m1/s1. The Balaban J connectivity index is 1.43. The van der Waals surface area contributed by atoms with Gasteiger partial charge in [-0.3, -0.25) is 14.5 Å². The second-order valence-corrected chi connectivity index (χ2v) is 9.32. The van der Waals surface area contributed by atoms with Crippen molar-refractivity contribution in [2.24, 2.45) is 11.8 Å². The van der Waals surface area contributed by atoms with Crippen molar-refractivity contribution in [2.75, 3.05) is 26.7 Å². The summed E-state index contributed by atoms with van der Waals surface area (Å²) < 4.78 is 1.85. The Morgan fingerprint density at radius 1 is 1.06 bits per heavy atom. The summed E-state index contributed by atoms with van der Waals surface area (Å²) in [7, 11) is 1.98. The first-order valence-corrected chi connectivity index (χ1v) is 11.7. The van der Waals surface area contributed by atoms with Gasteiger partial charge in [-0.25, -0.2) is 0 Å². The molecule has 1 aromatic heterocycles. The molecule has 4 atom stereocenters. The monoisotopic (exact) mass is 433 g/mol. The summed E-state index contributed by atoms with van der Waals surface area (Å²) in [6, 6.07) is 13.5. The summed E-state index contributed by atoms with van der Waals surface area (Å²) in [5, 5.41) is 10.3. The van der Waals surface area contributed by atoms with Gasteiger partial charge in [0.25, 0.3) is 5.56 Å². The second kappa shape index (κ2) is 8.68. The molecule has 1 N–H and O–H groups in total. The zero-order chi connectivity index (χ0) is 22.2. The van der Waals surface area contributed by atoms with Crippen molar-refractivity contribution < 1.29 is 9.90 Å². The predicted octanol–water partition coefficient (Wildman–Crippen LogP) is 2.62. The molecule has 168 valence electrons. The average molecular weight is 434 g/mol. The first kappa shape index (κ1) is 21.2. The number of benzene rings is 1. The number of amides is 1. The molecule has 0 spiro atoms. The number of likely N-dealkylation sites (tertiary alicyclic amines) is 2. The molecule has 0 aliphatic carbocycles. The van der Waals surface area contributed by atoms with E-state index in [1.807, 2.05) is 71.1 Å². The third-order valence-corrected chi connectivity index (χ3v) is 7.56. The van der Waals surface area contributed by atoms with Gasteiger partial charge < -0.3 is 14.6 Å². The quantitative estimate of drug-likeness (QED) is 0.805. The molecule has 6 nitrogen and oxygen atoms in total. The summed E-state index contributed by atoms with van der Waals surface area (Å²) >= 11 is 0. The smallest absolute Gasteiger partial charge is 0.258 e. The molecule has 0 bridgehead atoms. The lowest BCUT2D eigenvalue weighted by molar-refractivity contribution is -0.138. The lowest BCUT2D eigenvalue weighted by atomic mass is 9.88. The summed E-state index contributed by atoms with van der Waals surface area (Å²) in [6.45, 7) is 2.12. The fourth-order valence-electron chi connectivity index (χ4n) is 5.95. The highest BCUT2D eigenvalue weighted by atomic mass is 16.3. The van der Waals surface area contributed by atoms with Crippen molar-refractivity contribution in [3.63, 3.8) is 0 Å². The number of aromatic nitrogens is 1. The number of likely N-dealkylation sites (N-methyl/N-ethyl adjacent to an activating group) is 1. The molecule has 1 amide bonds.